The number of halogens is 6. The first-order valence-electron chi connectivity index (χ1n) is 13.5. The summed E-state index contributed by atoms with van der Waals surface area (Å²) in [5.41, 5.74) is 6.49. The van der Waals surface area contributed by atoms with Crippen molar-refractivity contribution in [2.45, 2.75) is 53.9 Å². The molecule has 1 aliphatic heterocycles. The second-order valence-electron chi connectivity index (χ2n) is 10.1. The average Bonchev–Trinajstić information content (AvgIpc) is 2.96. The number of amidine groups is 2. The van der Waals surface area contributed by atoms with Gasteiger partial charge in [0, 0.05) is 13.1 Å². The Morgan fingerprint density at radius 2 is 1.32 bits per heavy atom. The maximum atomic E-state index is 6.80. The standard InChI is InChI=1S/C31H32Cl6N4/c1-6-20-10-8-11-21(7-2)30(20)38-19(5)40-12-9-13-41(16-40)31(39-29-18(4)14-17(3)15-22(29)32)23-24(33)26(35)28(37)27(36)25(23)34/h8,10-11,14-15H,6-7,9,12-13,16H2,1-5H3/b38-19+,39-31+. The molecular formula is C31H32Cl6N4. The molecule has 1 aliphatic rings. The van der Waals surface area contributed by atoms with Crippen molar-refractivity contribution in [3.05, 3.63) is 88.3 Å². The summed E-state index contributed by atoms with van der Waals surface area (Å²) in [6.07, 6.45) is 2.68. The quantitative estimate of drug-likeness (QED) is 0.117. The van der Waals surface area contributed by atoms with E-state index >= 15 is 0 Å². The topological polar surface area (TPSA) is 31.2 Å². The Morgan fingerprint density at radius 1 is 0.756 bits per heavy atom. The minimum absolute atomic E-state index is 0.0977. The highest BCUT2D eigenvalue weighted by molar-refractivity contribution is 6.56. The van der Waals surface area contributed by atoms with Crippen molar-refractivity contribution in [2.24, 2.45) is 9.98 Å². The lowest BCUT2D eigenvalue weighted by Crippen LogP contribution is -2.49. The van der Waals surface area contributed by atoms with Gasteiger partial charge in [-0.05, 0) is 68.4 Å². The van der Waals surface area contributed by atoms with Gasteiger partial charge in [0.2, 0.25) is 0 Å². The summed E-state index contributed by atoms with van der Waals surface area (Å²) in [5.74, 6) is 1.42. The Hall–Kier alpha value is -1.66. The van der Waals surface area contributed by atoms with Crippen LogP contribution in [0.5, 0.6) is 0 Å². The third kappa shape index (κ3) is 6.79. The van der Waals surface area contributed by atoms with E-state index in [9.17, 15) is 0 Å². The van der Waals surface area contributed by atoms with Crippen LogP contribution in [-0.4, -0.2) is 41.2 Å². The van der Waals surface area contributed by atoms with Crippen LogP contribution in [0.1, 0.15) is 55.0 Å². The number of para-hydroxylation sites is 1. The summed E-state index contributed by atoms with van der Waals surface area (Å²) in [5, 5.41) is 1.21. The zero-order chi connectivity index (χ0) is 30.0. The first-order chi connectivity index (χ1) is 19.5. The van der Waals surface area contributed by atoms with E-state index in [1.54, 1.807) is 0 Å². The third-order valence-electron chi connectivity index (χ3n) is 7.24. The molecule has 0 N–H and O–H groups in total. The van der Waals surface area contributed by atoms with Crippen LogP contribution in [-0.2, 0) is 12.8 Å². The van der Waals surface area contributed by atoms with Gasteiger partial charge in [0.25, 0.3) is 0 Å². The van der Waals surface area contributed by atoms with Gasteiger partial charge in [0.05, 0.1) is 53.7 Å². The van der Waals surface area contributed by atoms with Crippen molar-refractivity contribution in [3.8, 4) is 0 Å². The SMILES string of the molecule is CCc1cccc(CC)c1/N=C(\C)N1CCCN(/C(=N/c2c(C)cc(C)cc2Cl)c2c(Cl)c(Cl)c(Cl)c(Cl)c2Cl)C1. The zero-order valence-electron chi connectivity index (χ0n) is 23.7. The highest BCUT2D eigenvalue weighted by Gasteiger charge is 2.29. The second kappa shape index (κ2) is 13.8. The summed E-state index contributed by atoms with van der Waals surface area (Å²) >= 11 is 39.7. The fourth-order valence-corrected chi connectivity index (χ4v) is 6.74. The fourth-order valence-electron chi connectivity index (χ4n) is 5.07. The summed E-state index contributed by atoms with van der Waals surface area (Å²) in [7, 11) is 0. The molecule has 4 nitrogen and oxygen atoms in total. The molecule has 0 radical (unpaired) electrons. The molecule has 0 spiro atoms. The van der Waals surface area contributed by atoms with Gasteiger partial charge in [-0.3, -0.25) is 0 Å². The van der Waals surface area contributed by atoms with Crippen LogP contribution in [0.15, 0.2) is 40.3 Å². The first kappa shape index (κ1) is 32.3. The van der Waals surface area contributed by atoms with E-state index in [-0.39, 0.29) is 25.1 Å². The van der Waals surface area contributed by atoms with Crippen molar-refractivity contribution in [3.63, 3.8) is 0 Å². The van der Waals surface area contributed by atoms with Crippen LogP contribution in [0.3, 0.4) is 0 Å². The monoisotopic (exact) mass is 670 g/mol. The molecule has 0 unspecified atom stereocenters. The van der Waals surface area contributed by atoms with Crippen molar-refractivity contribution >= 4 is 92.7 Å². The lowest BCUT2D eigenvalue weighted by molar-refractivity contribution is 0.213. The first-order valence-corrected chi connectivity index (χ1v) is 15.8. The second-order valence-corrected chi connectivity index (χ2v) is 12.4. The highest BCUT2D eigenvalue weighted by atomic mass is 35.5. The van der Waals surface area contributed by atoms with Gasteiger partial charge in [-0.15, -0.1) is 0 Å². The molecule has 3 aromatic carbocycles. The molecule has 0 aliphatic carbocycles. The van der Waals surface area contributed by atoms with E-state index in [4.69, 9.17) is 79.6 Å². The number of hydrogen-bond acceptors (Lipinski definition) is 2. The molecule has 10 heteroatoms. The van der Waals surface area contributed by atoms with Crippen molar-refractivity contribution < 1.29 is 0 Å². The molecule has 41 heavy (non-hydrogen) atoms. The molecule has 0 bridgehead atoms. The Kier molecular flexibility index (Phi) is 10.8. The largest absolute Gasteiger partial charge is 0.342 e. The van der Waals surface area contributed by atoms with Crippen LogP contribution < -0.4 is 0 Å². The summed E-state index contributed by atoms with van der Waals surface area (Å²) in [6, 6.07) is 10.3. The van der Waals surface area contributed by atoms with Crippen LogP contribution in [0, 0.1) is 13.8 Å². The zero-order valence-corrected chi connectivity index (χ0v) is 28.2. The lowest BCUT2D eigenvalue weighted by atomic mass is 10.0. The van der Waals surface area contributed by atoms with Gasteiger partial charge in [-0.25, -0.2) is 9.98 Å². The molecule has 1 saturated heterocycles. The predicted molar refractivity (Wildman–Crippen MR) is 179 cm³/mol. The van der Waals surface area contributed by atoms with Crippen molar-refractivity contribution in [1.82, 2.24) is 9.80 Å². The average molecular weight is 673 g/mol. The maximum Gasteiger partial charge on any atom is 0.141 e. The van der Waals surface area contributed by atoms with E-state index in [1.165, 1.54) is 11.1 Å². The fraction of sp³-hybridized carbons (Fsp3) is 0.355. The summed E-state index contributed by atoms with van der Waals surface area (Å²) < 4.78 is 0. The minimum atomic E-state index is 0.0977. The maximum absolute atomic E-state index is 6.80. The van der Waals surface area contributed by atoms with Gasteiger partial charge < -0.3 is 9.80 Å². The van der Waals surface area contributed by atoms with Crippen LogP contribution in [0.4, 0.5) is 11.4 Å². The Labute approximate surface area is 272 Å². The number of rotatable bonds is 5. The van der Waals surface area contributed by atoms with Crippen LogP contribution in [0.25, 0.3) is 0 Å². The van der Waals surface area contributed by atoms with Crippen molar-refractivity contribution in [1.29, 1.82) is 0 Å². The minimum Gasteiger partial charge on any atom is -0.342 e. The van der Waals surface area contributed by atoms with Crippen LogP contribution >= 0.6 is 69.6 Å². The molecule has 3 aromatic rings. The van der Waals surface area contributed by atoms with Gasteiger partial charge in [-0.1, -0.05) is 108 Å². The number of nitrogens with zero attached hydrogens (tertiary/aromatic N) is 4. The van der Waals surface area contributed by atoms with Gasteiger partial charge in [-0.2, -0.15) is 0 Å². The number of hydrogen-bond donors (Lipinski definition) is 0. The van der Waals surface area contributed by atoms with E-state index in [1.807, 2.05) is 32.9 Å². The van der Waals surface area contributed by atoms with E-state index in [2.05, 4.69) is 41.8 Å². The normalized spacial score (nSPS) is 14.7. The van der Waals surface area contributed by atoms with E-state index in [0.29, 0.717) is 35.3 Å². The van der Waals surface area contributed by atoms with E-state index in [0.717, 1.165) is 48.5 Å². The third-order valence-corrected chi connectivity index (χ3v) is 9.81. The summed E-state index contributed by atoms with van der Waals surface area (Å²) in [4.78, 5) is 14.5. The smallest absolute Gasteiger partial charge is 0.141 e. The molecule has 0 saturated carbocycles. The Balaban J connectivity index is 1.85. The molecule has 0 aromatic heterocycles. The summed E-state index contributed by atoms with van der Waals surface area (Å²) in [6.45, 7) is 12.3. The molecule has 4 rings (SSSR count). The molecule has 0 amide bonds. The number of benzene rings is 3. The Bertz CT molecular complexity index is 1460. The van der Waals surface area contributed by atoms with Gasteiger partial charge >= 0.3 is 0 Å². The number of aryl methyl sites for hydroxylation is 4. The van der Waals surface area contributed by atoms with Crippen LogP contribution in [0.2, 0.25) is 30.1 Å². The van der Waals surface area contributed by atoms with Gasteiger partial charge in [0.1, 0.15) is 11.7 Å². The highest BCUT2D eigenvalue weighted by Crippen LogP contribution is 2.45. The van der Waals surface area contributed by atoms with E-state index < -0.39 is 0 Å². The molecular weight excluding hydrogens is 641 g/mol. The Morgan fingerprint density at radius 3 is 1.88 bits per heavy atom. The molecule has 1 fully saturated rings. The van der Waals surface area contributed by atoms with Gasteiger partial charge in [0.15, 0.2) is 0 Å². The molecule has 218 valence electrons. The lowest BCUT2D eigenvalue weighted by Gasteiger charge is -2.39. The number of aliphatic imine (C=N–C) groups is 2. The van der Waals surface area contributed by atoms with Crippen molar-refractivity contribution in [2.75, 3.05) is 19.8 Å². The predicted octanol–water partition coefficient (Wildman–Crippen LogP) is 11.1. The molecule has 1 heterocycles. The molecule has 0 atom stereocenters.